The second-order valence-corrected chi connectivity index (χ2v) is 13.2. The summed E-state index contributed by atoms with van der Waals surface area (Å²) in [5.74, 6) is 2.05. The van der Waals surface area contributed by atoms with E-state index < -0.39 is 9.84 Å². The van der Waals surface area contributed by atoms with Gasteiger partial charge in [0.2, 0.25) is 0 Å². The molecule has 2 aliphatic heterocycles. The van der Waals surface area contributed by atoms with E-state index in [1.165, 1.54) is 6.26 Å². The molecule has 37 heavy (non-hydrogen) atoms. The molecule has 0 radical (unpaired) electrons. The van der Waals surface area contributed by atoms with Crippen LogP contribution >= 0.6 is 23.2 Å². The Morgan fingerprint density at radius 3 is 2.70 bits per heavy atom. The highest BCUT2D eigenvalue weighted by atomic mass is 35.5. The highest BCUT2D eigenvalue weighted by Gasteiger charge is 2.37. The molecule has 0 N–H and O–H groups in total. The van der Waals surface area contributed by atoms with Gasteiger partial charge in [0.05, 0.1) is 18.0 Å². The number of benzene rings is 1. The van der Waals surface area contributed by atoms with Gasteiger partial charge in [-0.25, -0.2) is 23.1 Å². The lowest BCUT2D eigenvalue weighted by molar-refractivity contribution is 0.125. The smallest absolute Gasteiger partial charge is 0.190 e. The largest absolute Gasteiger partial charge is 0.355 e. The molecule has 12 heteroatoms. The van der Waals surface area contributed by atoms with Crippen molar-refractivity contribution in [2.45, 2.75) is 25.8 Å². The Hall–Kier alpha value is -2.45. The molecular weight excluding hydrogens is 533 g/mol. The molecule has 3 aromatic rings. The third-order valence-corrected chi connectivity index (χ3v) is 8.98. The first-order chi connectivity index (χ1) is 17.6. The first-order valence-corrected chi connectivity index (χ1v) is 15.2. The van der Waals surface area contributed by atoms with E-state index in [-0.39, 0.29) is 17.5 Å². The van der Waals surface area contributed by atoms with Crippen molar-refractivity contribution in [2.75, 3.05) is 49.6 Å². The highest BCUT2D eigenvalue weighted by Crippen LogP contribution is 2.35. The van der Waals surface area contributed by atoms with Crippen LogP contribution < -0.4 is 4.90 Å². The molecule has 1 unspecified atom stereocenters. The maximum atomic E-state index is 11.6. The van der Waals surface area contributed by atoms with Crippen LogP contribution in [0.1, 0.15) is 37.1 Å². The predicted octanol–water partition coefficient (Wildman–Crippen LogP) is 3.81. The number of likely N-dealkylation sites (tertiary alicyclic amines) is 1. The van der Waals surface area contributed by atoms with Gasteiger partial charge in [-0.05, 0) is 55.8 Å². The molecule has 0 spiro atoms. The quantitative estimate of drug-likeness (QED) is 0.428. The maximum absolute atomic E-state index is 11.6. The lowest BCUT2D eigenvalue weighted by Crippen LogP contribution is -2.54. The molecular formula is C25H29Cl2N7O2S. The Morgan fingerprint density at radius 2 is 2.00 bits per heavy atom. The van der Waals surface area contributed by atoms with Crippen LogP contribution in [-0.4, -0.2) is 77.8 Å². The van der Waals surface area contributed by atoms with Gasteiger partial charge < -0.3 is 9.80 Å². The molecule has 2 fully saturated rings. The van der Waals surface area contributed by atoms with Gasteiger partial charge >= 0.3 is 0 Å². The van der Waals surface area contributed by atoms with Crippen molar-refractivity contribution in [1.29, 1.82) is 5.26 Å². The molecule has 0 amide bonds. The molecule has 5 rings (SSSR count). The standard InChI is InChI=1S/C25H29Cl2N7O2S/c1-16(20-6-5-19(26)10-21(20)27)34-25-24(22(11-28)31-34)29-12-23(30-25)33-14-18(15-33)17-4-3-7-32(13-17)8-9-37(2,35)36/h5-6,10,12,16-18H,3-4,7-9,13-15H2,1-2H3/t16?,17-/m1/s1. The lowest BCUT2D eigenvalue weighted by atomic mass is 9.80. The Bertz CT molecular complexity index is 1460. The van der Waals surface area contributed by atoms with E-state index >= 15 is 0 Å². The summed E-state index contributed by atoms with van der Waals surface area (Å²) in [4.78, 5) is 13.9. The van der Waals surface area contributed by atoms with E-state index in [0.717, 1.165) is 50.4 Å². The summed E-state index contributed by atoms with van der Waals surface area (Å²) >= 11 is 12.5. The molecule has 9 nitrogen and oxygen atoms in total. The second kappa shape index (κ2) is 10.4. The number of nitrogens with zero attached hydrogens (tertiary/aromatic N) is 7. The number of fused-ring (bicyclic) bond motifs is 1. The molecule has 0 bridgehead atoms. The Kier molecular flexibility index (Phi) is 7.33. The Balaban J connectivity index is 1.32. The predicted molar refractivity (Wildman–Crippen MR) is 145 cm³/mol. The van der Waals surface area contributed by atoms with Crippen LogP contribution in [0.3, 0.4) is 0 Å². The number of anilines is 1. The lowest BCUT2D eigenvalue weighted by Gasteiger charge is -2.47. The molecule has 196 valence electrons. The summed E-state index contributed by atoms with van der Waals surface area (Å²) in [6, 6.07) is 7.18. The Labute approximate surface area is 226 Å². The minimum absolute atomic E-state index is 0.212. The van der Waals surface area contributed by atoms with Crippen molar-refractivity contribution in [3.63, 3.8) is 0 Å². The van der Waals surface area contributed by atoms with E-state index in [4.69, 9.17) is 28.2 Å². The summed E-state index contributed by atoms with van der Waals surface area (Å²) in [5.41, 5.74) is 2.06. The minimum atomic E-state index is -2.95. The fraction of sp³-hybridized carbons (Fsp3) is 0.520. The number of hydrogen-bond donors (Lipinski definition) is 0. The highest BCUT2D eigenvalue weighted by molar-refractivity contribution is 7.90. The number of rotatable bonds is 7. The zero-order valence-electron chi connectivity index (χ0n) is 20.8. The number of nitriles is 1. The van der Waals surface area contributed by atoms with Gasteiger partial charge in [-0.2, -0.15) is 10.4 Å². The van der Waals surface area contributed by atoms with Crippen molar-refractivity contribution in [1.82, 2.24) is 24.6 Å². The van der Waals surface area contributed by atoms with Crippen molar-refractivity contribution in [2.24, 2.45) is 11.8 Å². The first kappa shape index (κ1) is 26.2. The van der Waals surface area contributed by atoms with Crippen LogP contribution in [0.5, 0.6) is 0 Å². The van der Waals surface area contributed by atoms with Crippen molar-refractivity contribution in [3.05, 3.63) is 45.7 Å². The molecule has 4 heterocycles. The van der Waals surface area contributed by atoms with Crippen LogP contribution in [-0.2, 0) is 9.84 Å². The first-order valence-electron chi connectivity index (χ1n) is 12.4. The fourth-order valence-corrected chi connectivity index (χ4v) is 6.50. The molecule has 2 aliphatic rings. The van der Waals surface area contributed by atoms with E-state index in [1.807, 2.05) is 13.0 Å². The van der Waals surface area contributed by atoms with Crippen LogP contribution in [0.25, 0.3) is 11.2 Å². The number of halogens is 2. The number of sulfone groups is 1. The van der Waals surface area contributed by atoms with Crippen molar-refractivity contribution < 1.29 is 8.42 Å². The van der Waals surface area contributed by atoms with Crippen LogP contribution in [0.2, 0.25) is 10.0 Å². The van der Waals surface area contributed by atoms with Gasteiger partial charge in [-0.15, -0.1) is 0 Å². The van der Waals surface area contributed by atoms with E-state index in [2.05, 4.69) is 26.0 Å². The van der Waals surface area contributed by atoms with E-state index in [1.54, 1.807) is 23.0 Å². The third kappa shape index (κ3) is 5.55. The average Bonchev–Trinajstić information content (AvgIpc) is 3.19. The number of hydrogen-bond acceptors (Lipinski definition) is 8. The molecule has 2 atom stereocenters. The zero-order valence-corrected chi connectivity index (χ0v) is 23.1. The van der Waals surface area contributed by atoms with Gasteiger partial charge in [-0.1, -0.05) is 29.3 Å². The van der Waals surface area contributed by atoms with Crippen LogP contribution in [0, 0.1) is 23.2 Å². The molecule has 0 saturated carbocycles. The Morgan fingerprint density at radius 1 is 1.22 bits per heavy atom. The van der Waals surface area contributed by atoms with Crippen LogP contribution in [0.4, 0.5) is 5.82 Å². The maximum Gasteiger partial charge on any atom is 0.190 e. The van der Waals surface area contributed by atoms with Gasteiger partial charge in [0.15, 0.2) is 11.3 Å². The monoisotopic (exact) mass is 561 g/mol. The summed E-state index contributed by atoms with van der Waals surface area (Å²) in [5, 5.41) is 15.2. The van der Waals surface area contributed by atoms with Gasteiger partial charge in [0.1, 0.15) is 27.2 Å². The molecule has 2 aromatic heterocycles. The van der Waals surface area contributed by atoms with E-state index in [0.29, 0.717) is 39.6 Å². The van der Waals surface area contributed by atoms with Crippen molar-refractivity contribution >= 4 is 50.0 Å². The summed E-state index contributed by atoms with van der Waals surface area (Å²) in [6.45, 7) is 6.22. The average molecular weight is 563 g/mol. The van der Waals surface area contributed by atoms with Gasteiger partial charge in [0, 0.05) is 42.5 Å². The SMILES string of the molecule is CC(c1ccc(Cl)cc1Cl)n1nc(C#N)c2ncc(N3CC([C@@H]4CCCN(CCS(C)(=O)=O)C4)C3)nc21. The number of piperidine rings is 1. The zero-order chi connectivity index (χ0) is 26.3. The number of aromatic nitrogens is 4. The normalized spacial score (nSPS) is 20.1. The summed E-state index contributed by atoms with van der Waals surface area (Å²) < 4.78 is 24.8. The molecule has 2 saturated heterocycles. The van der Waals surface area contributed by atoms with E-state index in [9.17, 15) is 13.7 Å². The van der Waals surface area contributed by atoms with Crippen LogP contribution in [0.15, 0.2) is 24.4 Å². The topological polar surface area (TPSA) is 108 Å². The van der Waals surface area contributed by atoms with Gasteiger partial charge in [-0.3, -0.25) is 0 Å². The summed E-state index contributed by atoms with van der Waals surface area (Å²) in [6.07, 6.45) is 5.27. The second-order valence-electron chi connectivity index (χ2n) is 10.1. The van der Waals surface area contributed by atoms with Gasteiger partial charge in [0.25, 0.3) is 0 Å². The molecule has 0 aliphatic carbocycles. The molecule has 1 aromatic carbocycles. The van der Waals surface area contributed by atoms with Crippen molar-refractivity contribution in [3.8, 4) is 6.07 Å². The minimum Gasteiger partial charge on any atom is -0.355 e. The summed E-state index contributed by atoms with van der Waals surface area (Å²) in [7, 11) is -2.95. The third-order valence-electron chi connectivity index (χ3n) is 7.50. The fourth-order valence-electron chi connectivity index (χ4n) is 5.34.